The molecule has 4 atom stereocenters. The molecule has 0 saturated carbocycles. The van der Waals surface area contributed by atoms with Crippen molar-refractivity contribution in [1.82, 2.24) is 9.80 Å². The Morgan fingerprint density at radius 2 is 1.92 bits per heavy atom. The highest BCUT2D eigenvalue weighted by Crippen LogP contribution is 2.47. The van der Waals surface area contributed by atoms with E-state index in [2.05, 4.69) is 10.2 Å². The summed E-state index contributed by atoms with van der Waals surface area (Å²) in [4.78, 5) is 46.3. The second-order valence-corrected chi connectivity index (χ2v) is 10.7. The first kappa shape index (κ1) is 21.6. The highest BCUT2D eigenvalue weighted by molar-refractivity contribution is 6.07. The van der Waals surface area contributed by atoms with Crippen LogP contribution in [0.3, 0.4) is 0 Å². The summed E-state index contributed by atoms with van der Waals surface area (Å²) in [5.41, 5.74) is -0.292. The molecule has 4 rings (SSSR count). The fraction of sp³-hybridized carbons (Fsp3) is 0.429. The van der Waals surface area contributed by atoms with E-state index in [4.69, 9.17) is 10.7 Å². The number of fused-ring (bicyclic) bond motifs is 2. The highest BCUT2D eigenvalue weighted by Gasteiger charge is 2.59. The lowest BCUT2D eigenvalue weighted by Gasteiger charge is -2.35. The van der Waals surface area contributed by atoms with E-state index in [1.165, 1.54) is 17.0 Å². The summed E-state index contributed by atoms with van der Waals surface area (Å²) >= 11 is 0. The topological polar surface area (TPSA) is 94.3 Å². The second kappa shape index (κ2) is 9.40. The maximum atomic E-state index is 14.2. The molecule has 2 N–H and O–H groups in total. The summed E-state index contributed by atoms with van der Waals surface area (Å²) in [6.07, 6.45) is -2.85. The predicted octanol–water partition coefficient (Wildman–Crippen LogP) is 3.35. The van der Waals surface area contributed by atoms with Crippen molar-refractivity contribution in [3.8, 4) is 0 Å². The third-order valence-corrected chi connectivity index (χ3v) is 6.88. The fourth-order valence-corrected chi connectivity index (χ4v) is 5.08. The number of carbonyl (C=O) groups is 3. The molecular formula is C28H32N4O4. The van der Waals surface area contributed by atoms with Crippen molar-refractivity contribution in [2.24, 2.45) is 5.41 Å². The minimum absolute atomic E-state index is 0.0433. The minimum Gasteiger partial charge on any atom is -0.378 e. The molecule has 8 nitrogen and oxygen atoms in total. The van der Waals surface area contributed by atoms with Gasteiger partial charge in [-0.1, -0.05) is 69.3 Å². The molecular weight excluding hydrogens is 456 g/mol. The number of para-hydroxylation sites is 1. The number of nitrogens with one attached hydrogen (secondary N) is 1. The minimum atomic E-state index is -3.07. The molecule has 2 heterocycles. The van der Waals surface area contributed by atoms with Gasteiger partial charge in [-0.2, -0.15) is 0 Å². The zero-order valence-corrected chi connectivity index (χ0v) is 20.6. The molecule has 0 radical (unpaired) electrons. The normalized spacial score (nSPS) is 24.1. The number of aliphatic hydroxyl groups excluding tert-OH is 1. The molecule has 8 heteroatoms. The molecule has 0 aliphatic carbocycles. The molecule has 188 valence electrons. The number of anilines is 1. The lowest BCUT2D eigenvalue weighted by molar-refractivity contribution is -0.151. The van der Waals surface area contributed by atoms with E-state index >= 15 is 0 Å². The lowest BCUT2D eigenvalue weighted by Crippen LogP contribution is -2.53. The van der Waals surface area contributed by atoms with Gasteiger partial charge in [-0.05, 0) is 29.0 Å². The van der Waals surface area contributed by atoms with E-state index in [-0.39, 0.29) is 30.9 Å². The Bertz CT molecular complexity index is 1320. The lowest BCUT2D eigenvalue weighted by atomic mass is 9.80. The van der Waals surface area contributed by atoms with Crippen LogP contribution in [0.25, 0.3) is 4.85 Å². The number of hydrogen-bond acceptors (Lipinski definition) is 4. The van der Waals surface area contributed by atoms with Crippen LogP contribution in [0.1, 0.15) is 55.0 Å². The van der Waals surface area contributed by atoms with Crippen LogP contribution in [-0.4, -0.2) is 58.4 Å². The van der Waals surface area contributed by atoms with Gasteiger partial charge in [-0.15, -0.1) is 0 Å². The zero-order valence-electron chi connectivity index (χ0n) is 23.6. The van der Waals surface area contributed by atoms with Crippen LogP contribution in [0.4, 0.5) is 5.69 Å². The third kappa shape index (κ3) is 4.47. The predicted molar refractivity (Wildman–Crippen MR) is 136 cm³/mol. The van der Waals surface area contributed by atoms with Crippen LogP contribution in [0.15, 0.2) is 54.6 Å². The molecule has 2 aliphatic heterocycles. The van der Waals surface area contributed by atoms with E-state index in [0.717, 1.165) is 0 Å². The van der Waals surface area contributed by atoms with Crippen LogP contribution in [0.5, 0.6) is 0 Å². The number of likely N-dealkylation sites (tertiary alicyclic amines) is 1. The maximum absolute atomic E-state index is 14.2. The summed E-state index contributed by atoms with van der Waals surface area (Å²) in [6.45, 7) is 10.0. The van der Waals surface area contributed by atoms with Crippen molar-refractivity contribution in [2.45, 2.75) is 57.3 Å². The number of likely N-dealkylation sites (N-methyl/N-ethyl adjacent to an activating group) is 1. The van der Waals surface area contributed by atoms with Crippen LogP contribution < -0.4 is 5.32 Å². The van der Waals surface area contributed by atoms with Gasteiger partial charge in [0, 0.05) is 23.3 Å². The van der Waals surface area contributed by atoms with E-state index < -0.39 is 47.9 Å². The largest absolute Gasteiger partial charge is 0.378 e. The van der Waals surface area contributed by atoms with Crippen LogP contribution in [0, 0.1) is 12.0 Å². The summed E-state index contributed by atoms with van der Waals surface area (Å²) in [6, 6.07) is 13.5. The average molecular weight is 492 g/mol. The molecule has 3 amide bonds. The zero-order chi connectivity index (χ0) is 28.8. The first-order valence-corrected chi connectivity index (χ1v) is 11.8. The maximum Gasteiger partial charge on any atom is 0.302 e. The van der Waals surface area contributed by atoms with Crippen LogP contribution in [0.2, 0.25) is 0 Å². The van der Waals surface area contributed by atoms with Crippen molar-refractivity contribution in [2.75, 3.05) is 18.8 Å². The number of aliphatic hydroxyl groups is 1. The Morgan fingerprint density at radius 3 is 2.56 bits per heavy atom. The summed E-state index contributed by atoms with van der Waals surface area (Å²) in [5.74, 6) is -2.21. The van der Waals surface area contributed by atoms with Gasteiger partial charge < -0.3 is 15.3 Å². The van der Waals surface area contributed by atoms with Gasteiger partial charge in [-0.3, -0.25) is 24.1 Å². The molecule has 1 spiro atoms. The summed E-state index contributed by atoms with van der Waals surface area (Å²) in [5, 5.41) is 13.7. The second-order valence-electron chi connectivity index (χ2n) is 10.7. The highest BCUT2D eigenvalue weighted by atomic mass is 16.3. The fourth-order valence-electron chi connectivity index (χ4n) is 5.08. The van der Waals surface area contributed by atoms with E-state index in [1.807, 2.05) is 20.8 Å². The van der Waals surface area contributed by atoms with E-state index in [9.17, 15) is 19.5 Å². The first-order valence-electron chi connectivity index (χ1n) is 13.3. The van der Waals surface area contributed by atoms with Gasteiger partial charge in [0.2, 0.25) is 5.91 Å². The Balaban J connectivity index is 1.75. The van der Waals surface area contributed by atoms with Crippen molar-refractivity contribution < 1.29 is 23.6 Å². The van der Waals surface area contributed by atoms with Crippen LogP contribution >= 0.6 is 0 Å². The number of nitrogens with zero attached hydrogens (tertiary/aromatic N) is 3. The smallest absolute Gasteiger partial charge is 0.302 e. The number of rotatable bonds is 5. The van der Waals surface area contributed by atoms with Crippen molar-refractivity contribution in [3.05, 3.63) is 77.1 Å². The monoisotopic (exact) mass is 491 g/mol. The molecule has 36 heavy (non-hydrogen) atoms. The molecule has 1 fully saturated rings. The van der Waals surface area contributed by atoms with Crippen molar-refractivity contribution >= 4 is 23.4 Å². The van der Waals surface area contributed by atoms with Gasteiger partial charge in [-0.25, -0.2) is 6.57 Å². The summed E-state index contributed by atoms with van der Waals surface area (Å²) < 4.78 is 24.6. The molecule has 0 bridgehead atoms. The summed E-state index contributed by atoms with van der Waals surface area (Å²) in [7, 11) is 0. The molecule has 2 aromatic rings. The van der Waals surface area contributed by atoms with Crippen molar-refractivity contribution in [3.63, 3.8) is 0 Å². The van der Waals surface area contributed by atoms with Gasteiger partial charge in [0.1, 0.15) is 11.5 Å². The Hall–Kier alpha value is -3.70. The molecule has 1 saturated heterocycles. The van der Waals surface area contributed by atoms with E-state index in [0.29, 0.717) is 16.2 Å². The van der Waals surface area contributed by atoms with E-state index in [1.54, 1.807) is 42.5 Å². The average Bonchev–Trinajstić information content (AvgIpc) is 3.39. The Morgan fingerprint density at radius 1 is 1.25 bits per heavy atom. The first-order chi connectivity index (χ1) is 18.2. The number of hydrogen-bond donors (Lipinski definition) is 2. The Labute approximate surface area is 215 Å². The molecule has 2 aliphatic rings. The number of amides is 3. The quantitative estimate of drug-likeness (QED) is 0.628. The Kier molecular flexibility index (Phi) is 5.63. The standard InChI is InChI=1S/C28H32N4O4/c1-27(2,3)15-21(31(5)25(35)23(33)18-11-7-6-8-12-18)24(34)32-17-28(16-22(32)29-4)19-13-9-10-14-20(19)30-26(28)36/h6-14,21-23,33H,15-17H2,1-3,5H3,(H,30,36)/t21-,22-,23+,28-/m0/s1/i5D3. The van der Waals surface area contributed by atoms with Gasteiger partial charge >= 0.3 is 6.17 Å². The van der Waals surface area contributed by atoms with Gasteiger partial charge in [0.15, 0.2) is 6.10 Å². The van der Waals surface area contributed by atoms with Crippen molar-refractivity contribution in [1.29, 1.82) is 0 Å². The molecule has 0 aromatic heterocycles. The SMILES string of the molecule is [2H]C([2H])([2H])N(C(=O)[C@H](O)c1ccccc1)[C@@H](CC(C)(C)C)C(=O)N1C[C@]2(C[C@H]1[N+]#[C-])C(=O)Nc1ccccc12. The van der Waals surface area contributed by atoms with Gasteiger partial charge in [0.25, 0.3) is 11.8 Å². The number of benzene rings is 2. The molecule has 2 aromatic carbocycles. The van der Waals surface area contributed by atoms with Crippen LogP contribution in [-0.2, 0) is 19.8 Å². The third-order valence-electron chi connectivity index (χ3n) is 6.88. The molecule has 0 unspecified atom stereocenters. The number of carbonyl (C=O) groups excluding carboxylic acids is 3. The van der Waals surface area contributed by atoms with Gasteiger partial charge in [0.05, 0.1) is 6.42 Å².